The standard InChI is InChI=1S/C22H28FN3O6S/c1-13(2)20-18(10-9-16(27)11-17(28)12-19(29)30)21(14-5-7-15(23)8-6-14)25-22(24-20)26(3)33(4,31)32/h5-10,13,16-17,27-28H,11-12H2,1-4H3,(H,29,30)/t16?,17-/m1/s1. The van der Waals surface area contributed by atoms with Crippen LogP contribution in [-0.2, 0) is 14.8 Å². The third kappa shape index (κ3) is 7.31. The Bertz CT molecular complexity index is 1120. The molecule has 1 heterocycles. The van der Waals surface area contributed by atoms with Crippen molar-refractivity contribution in [3.05, 3.63) is 47.4 Å². The highest BCUT2D eigenvalue weighted by Crippen LogP contribution is 2.31. The molecule has 0 aliphatic rings. The first-order valence-corrected chi connectivity index (χ1v) is 12.0. The smallest absolute Gasteiger partial charge is 0.305 e. The number of carboxylic acid groups (broad SMARTS) is 1. The van der Waals surface area contributed by atoms with E-state index in [-0.39, 0.29) is 18.3 Å². The van der Waals surface area contributed by atoms with Gasteiger partial charge in [-0.1, -0.05) is 26.0 Å². The molecule has 3 N–H and O–H groups in total. The topological polar surface area (TPSA) is 141 Å². The van der Waals surface area contributed by atoms with Crippen LogP contribution >= 0.6 is 0 Å². The number of benzene rings is 1. The number of sulfonamides is 1. The Hall–Kier alpha value is -2.89. The molecule has 2 rings (SSSR count). The number of hydrogen-bond acceptors (Lipinski definition) is 7. The second-order valence-electron chi connectivity index (χ2n) is 7.98. The van der Waals surface area contributed by atoms with Crippen molar-refractivity contribution in [1.29, 1.82) is 0 Å². The minimum atomic E-state index is -3.65. The summed E-state index contributed by atoms with van der Waals surface area (Å²) in [6.45, 7) is 3.71. The lowest BCUT2D eigenvalue weighted by Crippen LogP contribution is -2.27. The van der Waals surface area contributed by atoms with Gasteiger partial charge in [0.1, 0.15) is 5.82 Å². The summed E-state index contributed by atoms with van der Waals surface area (Å²) < 4.78 is 38.6. The normalized spacial score (nSPS) is 13.9. The summed E-state index contributed by atoms with van der Waals surface area (Å²) in [5.41, 5.74) is 1.80. The molecule has 11 heteroatoms. The average molecular weight is 482 g/mol. The first kappa shape index (κ1) is 26.4. The summed E-state index contributed by atoms with van der Waals surface area (Å²) in [6.07, 6.45) is 0.860. The molecule has 1 aromatic heterocycles. The average Bonchev–Trinajstić information content (AvgIpc) is 2.70. The van der Waals surface area contributed by atoms with Crippen LogP contribution in [0.15, 0.2) is 30.3 Å². The van der Waals surface area contributed by atoms with Gasteiger partial charge in [0.15, 0.2) is 0 Å². The predicted molar refractivity (Wildman–Crippen MR) is 123 cm³/mol. The molecule has 9 nitrogen and oxygen atoms in total. The number of carboxylic acids is 1. The summed E-state index contributed by atoms with van der Waals surface area (Å²) in [5.74, 6) is -1.87. The number of carbonyl (C=O) groups is 1. The zero-order valence-corrected chi connectivity index (χ0v) is 19.6. The first-order chi connectivity index (χ1) is 15.3. The molecule has 1 aromatic carbocycles. The molecule has 1 unspecified atom stereocenters. The van der Waals surface area contributed by atoms with E-state index in [1.54, 1.807) is 0 Å². The van der Waals surface area contributed by atoms with Crippen LogP contribution in [0.2, 0.25) is 0 Å². The van der Waals surface area contributed by atoms with E-state index in [0.717, 1.165) is 10.6 Å². The molecule has 180 valence electrons. The number of aliphatic carboxylic acids is 1. The van der Waals surface area contributed by atoms with Gasteiger partial charge in [0.2, 0.25) is 16.0 Å². The van der Waals surface area contributed by atoms with Crippen molar-refractivity contribution in [2.75, 3.05) is 17.6 Å². The second kappa shape index (κ2) is 10.8. The maximum absolute atomic E-state index is 13.5. The van der Waals surface area contributed by atoms with Gasteiger partial charge in [-0.25, -0.2) is 27.1 Å². The lowest BCUT2D eigenvalue weighted by Gasteiger charge is -2.20. The number of rotatable bonds is 10. The molecule has 0 fully saturated rings. The fraction of sp³-hybridized carbons (Fsp3) is 0.409. The van der Waals surface area contributed by atoms with Crippen molar-refractivity contribution in [3.8, 4) is 11.3 Å². The van der Waals surface area contributed by atoms with Gasteiger partial charge in [-0.05, 0) is 30.2 Å². The maximum Gasteiger partial charge on any atom is 0.305 e. The summed E-state index contributed by atoms with van der Waals surface area (Å²) in [4.78, 5) is 19.6. The van der Waals surface area contributed by atoms with Gasteiger partial charge >= 0.3 is 5.97 Å². The monoisotopic (exact) mass is 481 g/mol. The van der Waals surface area contributed by atoms with Gasteiger partial charge in [-0.3, -0.25) is 4.79 Å². The van der Waals surface area contributed by atoms with Gasteiger partial charge in [-0.15, -0.1) is 0 Å². The van der Waals surface area contributed by atoms with E-state index in [9.17, 15) is 27.8 Å². The van der Waals surface area contributed by atoms with Crippen LogP contribution < -0.4 is 4.31 Å². The van der Waals surface area contributed by atoms with Gasteiger partial charge < -0.3 is 15.3 Å². The van der Waals surface area contributed by atoms with E-state index < -0.39 is 40.4 Å². The van der Waals surface area contributed by atoms with E-state index in [1.165, 1.54) is 43.5 Å². The van der Waals surface area contributed by atoms with Gasteiger partial charge in [0.25, 0.3) is 0 Å². The molecule has 0 spiro atoms. The second-order valence-corrected chi connectivity index (χ2v) is 9.99. The van der Waals surface area contributed by atoms with Gasteiger partial charge in [-0.2, -0.15) is 0 Å². The Morgan fingerprint density at radius 1 is 1.18 bits per heavy atom. The van der Waals surface area contributed by atoms with Crippen LogP contribution in [-0.4, -0.2) is 65.2 Å². The first-order valence-electron chi connectivity index (χ1n) is 10.2. The Labute approximate surface area is 192 Å². The molecule has 2 aromatic rings. The number of aromatic nitrogens is 2. The van der Waals surface area contributed by atoms with Crippen LogP contribution in [0.4, 0.5) is 10.3 Å². The molecule has 2 atom stereocenters. The Morgan fingerprint density at radius 3 is 2.30 bits per heavy atom. The minimum absolute atomic E-state index is 0.0601. The summed E-state index contributed by atoms with van der Waals surface area (Å²) >= 11 is 0. The molecule has 0 bridgehead atoms. The minimum Gasteiger partial charge on any atom is -0.481 e. The zero-order chi connectivity index (χ0) is 24.9. The van der Waals surface area contributed by atoms with Crippen molar-refractivity contribution < 1.29 is 32.9 Å². The van der Waals surface area contributed by atoms with E-state index >= 15 is 0 Å². The van der Waals surface area contributed by atoms with E-state index in [2.05, 4.69) is 9.97 Å². The molecule has 0 aliphatic carbocycles. The van der Waals surface area contributed by atoms with Crippen molar-refractivity contribution in [1.82, 2.24) is 9.97 Å². The molecule has 0 saturated carbocycles. The molecular weight excluding hydrogens is 453 g/mol. The van der Waals surface area contributed by atoms with E-state index in [4.69, 9.17) is 5.11 Å². The third-order valence-corrected chi connectivity index (χ3v) is 5.97. The largest absolute Gasteiger partial charge is 0.481 e. The number of nitrogens with zero attached hydrogens (tertiary/aromatic N) is 3. The summed E-state index contributed by atoms with van der Waals surface area (Å²) in [6, 6.07) is 5.49. The Morgan fingerprint density at radius 2 is 1.79 bits per heavy atom. The molecule has 0 saturated heterocycles. The number of aliphatic hydroxyl groups excluding tert-OH is 2. The summed E-state index contributed by atoms with van der Waals surface area (Å²) in [5, 5.41) is 28.8. The van der Waals surface area contributed by atoms with Crippen molar-refractivity contribution in [2.24, 2.45) is 0 Å². The third-order valence-electron chi connectivity index (χ3n) is 4.82. The highest BCUT2D eigenvalue weighted by Gasteiger charge is 2.22. The van der Waals surface area contributed by atoms with Crippen LogP contribution in [0.1, 0.15) is 43.9 Å². The lowest BCUT2D eigenvalue weighted by atomic mass is 9.97. The van der Waals surface area contributed by atoms with E-state index in [0.29, 0.717) is 22.5 Å². The van der Waals surface area contributed by atoms with Crippen molar-refractivity contribution >= 4 is 28.0 Å². The molecular formula is C22H28FN3O6S. The maximum atomic E-state index is 13.5. The number of hydrogen-bond donors (Lipinski definition) is 3. The number of anilines is 1. The number of aliphatic hydroxyl groups is 2. The van der Waals surface area contributed by atoms with Crippen molar-refractivity contribution in [3.63, 3.8) is 0 Å². The highest BCUT2D eigenvalue weighted by molar-refractivity contribution is 7.92. The fourth-order valence-corrected chi connectivity index (χ4v) is 3.42. The summed E-state index contributed by atoms with van der Waals surface area (Å²) in [7, 11) is -2.33. The van der Waals surface area contributed by atoms with Gasteiger partial charge in [0, 0.05) is 24.6 Å². The van der Waals surface area contributed by atoms with Crippen LogP contribution in [0, 0.1) is 5.82 Å². The van der Waals surface area contributed by atoms with Gasteiger partial charge in [0.05, 0.1) is 36.3 Å². The van der Waals surface area contributed by atoms with Crippen LogP contribution in [0.3, 0.4) is 0 Å². The van der Waals surface area contributed by atoms with Crippen molar-refractivity contribution in [2.45, 2.75) is 44.8 Å². The Kier molecular flexibility index (Phi) is 8.64. The quantitative estimate of drug-likeness (QED) is 0.470. The molecule has 33 heavy (non-hydrogen) atoms. The fourth-order valence-electron chi connectivity index (χ4n) is 3.05. The molecule has 0 radical (unpaired) electrons. The highest BCUT2D eigenvalue weighted by atomic mass is 32.2. The SMILES string of the molecule is CC(C)c1nc(N(C)S(C)(=O)=O)nc(-c2ccc(F)cc2)c1C=CC(O)C[C@@H](O)CC(=O)O. The number of halogens is 1. The van der Waals surface area contributed by atoms with Crippen LogP contribution in [0.25, 0.3) is 17.3 Å². The van der Waals surface area contributed by atoms with E-state index in [1.807, 2.05) is 13.8 Å². The molecule has 0 aliphatic heterocycles. The van der Waals surface area contributed by atoms with Crippen LogP contribution in [0.5, 0.6) is 0 Å². The Balaban J connectivity index is 2.61. The lowest BCUT2D eigenvalue weighted by molar-refractivity contribution is -0.139. The molecule has 0 amide bonds. The predicted octanol–water partition coefficient (Wildman–Crippen LogP) is 2.40. The zero-order valence-electron chi connectivity index (χ0n) is 18.8.